The first kappa shape index (κ1) is 26.1. The zero-order valence-corrected chi connectivity index (χ0v) is 24.5. The van der Waals surface area contributed by atoms with E-state index in [4.69, 9.17) is 0 Å². The molecule has 192 valence electrons. The SMILES string of the molecule is O=C(c1ccc(-c2ccc(Br)cc2)cc1)c1ccc(-c2ccc(-c3ccc(Br)cc3)cc2)[n+](-c2ccccn2)c1. The average molecular weight is 647 g/mol. The molecule has 0 bridgehead atoms. The van der Waals surface area contributed by atoms with Crippen molar-refractivity contribution < 1.29 is 9.36 Å². The number of hydrogen-bond acceptors (Lipinski definition) is 2. The number of rotatable bonds is 6. The first-order valence-corrected chi connectivity index (χ1v) is 14.4. The molecule has 0 saturated heterocycles. The first-order valence-electron chi connectivity index (χ1n) is 12.8. The van der Waals surface area contributed by atoms with Crippen molar-refractivity contribution in [1.82, 2.24) is 4.98 Å². The van der Waals surface area contributed by atoms with Crippen LogP contribution >= 0.6 is 31.9 Å². The van der Waals surface area contributed by atoms with Gasteiger partial charge in [0.1, 0.15) is 18.1 Å². The Morgan fingerprint density at radius 3 is 1.52 bits per heavy atom. The smallest absolute Gasteiger partial charge is 0.288 e. The highest BCUT2D eigenvalue weighted by atomic mass is 79.9. The number of aromatic nitrogens is 2. The van der Waals surface area contributed by atoms with Crippen molar-refractivity contribution in [3.05, 3.63) is 160 Å². The maximum absolute atomic E-state index is 13.6. The van der Waals surface area contributed by atoms with Crippen LogP contribution in [0.2, 0.25) is 0 Å². The molecule has 40 heavy (non-hydrogen) atoms. The zero-order valence-electron chi connectivity index (χ0n) is 21.3. The predicted octanol–water partition coefficient (Wildman–Crippen LogP) is 9.12. The van der Waals surface area contributed by atoms with Gasteiger partial charge in [-0.25, -0.2) is 0 Å². The Morgan fingerprint density at radius 2 is 1.00 bits per heavy atom. The van der Waals surface area contributed by atoms with Crippen molar-refractivity contribution in [3.8, 4) is 39.3 Å². The second-order valence-corrected chi connectivity index (χ2v) is 11.2. The lowest BCUT2D eigenvalue weighted by atomic mass is 9.99. The number of hydrogen-bond donors (Lipinski definition) is 0. The molecule has 3 nitrogen and oxygen atoms in total. The van der Waals surface area contributed by atoms with E-state index in [1.165, 1.54) is 0 Å². The Bertz CT molecular complexity index is 1780. The standard InChI is InChI=1S/C35H23Br2N2O/c36-31-17-12-26(13-18-31)24-4-8-28(9-5-24)33-21-16-30(23-39(33)34-3-1-2-22-38-34)35(40)29-10-6-25(7-11-29)27-14-19-32(37)20-15-27/h1-23H/q+1. The van der Waals surface area contributed by atoms with Crippen LogP contribution in [0.15, 0.2) is 149 Å². The number of carbonyl (C=O) groups is 1. The molecule has 2 aromatic heterocycles. The summed E-state index contributed by atoms with van der Waals surface area (Å²) in [6, 6.07) is 42.3. The summed E-state index contributed by atoms with van der Waals surface area (Å²) in [5.41, 5.74) is 7.67. The van der Waals surface area contributed by atoms with Gasteiger partial charge < -0.3 is 0 Å². The Labute approximate surface area is 250 Å². The van der Waals surface area contributed by atoms with Gasteiger partial charge in [0.15, 0.2) is 5.78 Å². The third-order valence-electron chi connectivity index (χ3n) is 6.79. The number of benzene rings is 4. The number of halogens is 2. The van der Waals surface area contributed by atoms with E-state index in [0.29, 0.717) is 11.1 Å². The monoisotopic (exact) mass is 645 g/mol. The third-order valence-corrected chi connectivity index (χ3v) is 7.85. The second-order valence-electron chi connectivity index (χ2n) is 9.36. The molecule has 0 N–H and O–H groups in total. The van der Waals surface area contributed by atoms with Crippen LogP contribution in [0.4, 0.5) is 0 Å². The van der Waals surface area contributed by atoms with Gasteiger partial charge in [-0.1, -0.05) is 111 Å². The van der Waals surface area contributed by atoms with Gasteiger partial charge in [-0.05, 0) is 69.7 Å². The van der Waals surface area contributed by atoms with E-state index in [2.05, 4.69) is 85.4 Å². The fraction of sp³-hybridized carbons (Fsp3) is 0. The van der Waals surface area contributed by atoms with Gasteiger partial charge in [0, 0.05) is 26.1 Å². The highest BCUT2D eigenvalue weighted by molar-refractivity contribution is 9.10. The van der Waals surface area contributed by atoms with Crippen LogP contribution in [0.3, 0.4) is 0 Å². The van der Waals surface area contributed by atoms with Crippen LogP contribution in [0.5, 0.6) is 0 Å². The molecule has 4 aromatic carbocycles. The van der Waals surface area contributed by atoms with Gasteiger partial charge in [0.2, 0.25) is 0 Å². The van der Waals surface area contributed by atoms with Gasteiger partial charge in [-0.15, -0.1) is 0 Å². The summed E-state index contributed by atoms with van der Waals surface area (Å²) in [6.07, 6.45) is 3.64. The summed E-state index contributed by atoms with van der Waals surface area (Å²) in [4.78, 5) is 18.1. The summed E-state index contributed by atoms with van der Waals surface area (Å²) in [6.45, 7) is 0. The minimum Gasteiger partial charge on any atom is -0.288 e. The molecule has 0 aliphatic heterocycles. The van der Waals surface area contributed by atoms with Crippen molar-refractivity contribution in [3.63, 3.8) is 0 Å². The van der Waals surface area contributed by atoms with Gasteiger partial charge in [-0.2, -0.15) is 4.57 Å². The van der Waals surface area contributed by atoms with Crippen molar-refractivity contribution in [1.29, 1.82) is 0 Å². The van der Waals surface area contributed by atoms with E-state index in [1.54, 1.807) is 6.20 Å². The minimum atomic E-state index is -0.0378. The molecule has 0 atom stereocenters. The van der Waals surface area contributed by atoms with Crippen LogP contribution in [0.25, 0.3) is 39.3 Å². The second kappa shape index (κ2) is 11.5. The fourth-order valence-electron chi connectivity index (χ4n) is 4.65. The van der Waals surface area contributed by atoms with Gasteiger partial charge >= 0.3 is 5.82 Å². The van der Waals surface area contributed by atoms with Crippen LogP contribution in [-0.2, 0) is 0 Å². The largest absolute Gasteiger partial charge is 0.327 e. The van der Waals surface area contributed by atoms with Crippen molar-refractivity contribution in [2.24, 2.45) is 0 Å². The van der Waals surface area contributed by atoms with E-state index in [9.17, 15) is 4.79 Å². The molecule has 0 aliphatic rings. The molecule has 0 saturated carbocycles. The predicted molar refractivity (Wildman–Crippen MR) is 167 cm³/mol. The van der Waals surface area contributed by atoms with Crippen molar-refractivity contribution >= 4 is 37.6 Å². The Morgan fingerprint density at radius 1 is 0.525 bits per heavy atom. The highest BCUT2D eigenvalue weighted by Gasteiger charge is 2.19. The van der Waals surface area contributed by atoms with E-state index in [0.717, 1.165) is 48.3 Å². The van der Waals surface area contributed by atoms with Gasteiger partial charge in [-0.3, -0.25) is 4.79 Å². The molecule has 0 amide bonds. The molecule has 6 aromatic rings. The molecular formula is C35H23Br2N2O+. The molecule has 0 unspecified atom stereocenters. The van der Waals surface area contributed by atoms with Crippen LogP contribution in [-0.4, -0.2) is 10.8 Å². The van der Waals surface area contributed by atoms with Crippen molar-refractivity contribution in [2.45, 2.75) is 0 Å². The van der Waals surface area contributed by atoms with E-state index in [-0.39, 0.29) is 5.78 Å². The summed E-state index contributed by atoms with van der Waals surface area (Å²) in [5.74, 6) is 0.707. The Kier molecular flexibility index (Phi) is 7.49. The maximum Gasteiger partial charge on any atom is 0.327 e. The maximum atomic E-state index is 13.6. The first-order chi connectivity index (χ1) is 19.5. The van der Waals surface area contributed by atoms with E-state index >= 15 is 0 Å². The molecule has 5 heteroatoms. The Hall–Kier alpha value is -4.19. The lowest BCUT2D eigenvalue weighted by Gasteiger charge is -2.10. The molecule has 0 aliphatic carbocycles. The van der Waals surface area contributed by atoms with Gasteiger partial charge in [0.05, 0.1) is 5.56 Å². The molecule has 2 heterocycles. The minimum absolute atomic E-state index is 0.0378. The normalized spacial score (nSPS) is 10.8. The van der Waals surface area contributed by atoms with E-state index in [1.807, 2.05) is 89.6 Å². The number of pyridine rings is 2. The Balaban J connectivity index is 1.34. The lowest BCUT2D eigenvalue weighted by Crippen LogP contribution is -2.35. The summed E-state index contributed by atoms with van der Waals surface area (Å²) < 4.78 is 4.07. The quantitative estimate of drug-likeness (QED) is 0.134. The fourth-order valence-corrected chi connectivity index (χ4v) is 5.18. The number of carbonyl (C=O) groups excluding carboxylic acids is 1. The molecule has 6 rings (SSSR count). The zero-order chi connectivity index (χ0) is 27.5. The summed E-state index contributed by atoms with van der Waals surface area (Å²) in [7, 11) is 0. The van der Waals surface area contributed by atoms with Crippen LogP contribution in [0.1, 0.15) is 15.9 Å². The number of nitrogens with zero attached hydrogens (tertiary/aromatic N) is 2. The lowest BCUT2D eigenvalue weighted by molar-refractivity contribution is -0.588. The highest BCUT2D eigenvalue weighted by Crippen LogP contribution is 2.26. The van der Waals surface area contributed by atoms with Crippen LogP contribution < -0.4 is 4.57 Å². The molecule has 0 fully saturated rings. The van der Waals surface area contributed by atoms with E-state index < -0.39 is 0 Å². The third kappa shape index (κ3) is 5.57. The van der Waals surface area contributed by atoms with Gasteiger partial charge in [0.25, 0.3) is 0 Å². The number of ketones is 1. The van der Waals surface area contributed by atoms with Crippen LogP contribution in [0, 0.1) is 0 Å². The summed E-state index contributed by atoms with van der Waals surface area (Å²) >= 11 is 6.98. The average Bonchev–Trinajstić information content (AvgIpc) is 3.02. The molecule has 0 spiro atoms. The topological polar surface area (TPSA) is 33.8 Å². The molecule has 0 radical (unpaired) electrons. The summed E-state index contributed by atoms with van der Waals surface area (Å²) in [5, 5.41) is 0. The molecular weight excluding hydrogens is 624 g/mol. The van der Waals surface area contributed by atoms with Crippen molar-refractivity contribution in [2.75, 3.05) is 0 Å².